The number of ether oxygens (including phenoxy) is 2. The van der Waals surface area contributed by atoms with E-state index in [2.05, 4.69) is 5.16 Å². The fourth-order valence-corrected chi connectivity index (χ4v) is 4.67. The molecule has 0 bridgehead atoms. The first-order valence-electron chi connectivity index (χ1n) is 11.0. The Hall–Kier alpha value is -4.00. The molecule has 0 saturated carbocycles. The molecule has 3 aromatic rings. The molecule has 37 heavy (non-hydrogen) atoms. The molecule has 11 nitrogen and oxygen atoms in total. The third-order valence-corrected chi connectivity index (χ3v) is 6.47. The van der Waals surface area contributed by atoms with Gasteiger partial charge in [-0.3, -0.25) is 14.2 Å². The Morgan fingerprint density at radius 3 is 2.49 bits per heavy atom. The Kier molecular flexibility index (Phi) is 7.86. The van der Waals surface area contributed by atoms with Crippen molar-refractivity contribution < 1.29 is 28.3 Å². The molecule has 2 heterocycles. The summed E-state index contributed by atoms with van der Waals surface area (Å²) in [4.78, 5) is 58.5. The quantitative estimate of drug-likeness (QED) is 0.259. The van der Waals surface area contributed by atoms with Crippen LogP contribution in [0.5, 0.6) is 5.75 Å². The molecule has 0 aliphatic carbocycles. The van der Waals surface area contributed by atoms with E-state index in [4.69, 9.17) is 14.3 Å². The molecule has 3 rings (SSSR count). The van der Waals surface area contributed by atoms with Crippen LogP contribution < -0.4 is 21.0 Å². The maximum Gasteiger partial charge on any atom is 0.429 e. The zero-order valence-corrected chi connectivity index (χ0v) is 22.3. The number of carbonyl (C=O) groups excluding carboxylic acids is 2. The molecule has 0 unspecified atom stereocenters. The van der Waals surface area contributed by atoms with Crippen molar-refractivity contribution in [3.8, 4) is 5.75 Å². The lowest BCUT2D eigenvalue weighted by molar-refractivity contribution is 0.0546. The number of methoxy groups -OCH3 is 1. The summed E-state index contributed by atoms with van der Waals surface area (Å²) in [5.74, 6) is -1.20. The number of amides is 1. The molecule has 1 amide bonds. The summed E-state index contributed by atoms with van der Waals surface area (Å²) in [7, 11) is 3.89. The number of nitrogens with zero attached hydrogens (tertiary/aromatic N) is 4. The Morgan fingerprint density at radius 1 is 1.22 bits per heavy atom. The fourth-order valence-electron chi connectivity index (χ4n) is 3.52. The van der Waals surface area contributed by atoms with Gasteiger partial charge in [0.2, 0.25) is 0 Å². The summed E-state index contributed by atoms with van der Waals surface area (Å²) in [6.07, 6.45) is 0.415. The monoisotopic (exact) mass is 534 g/mol. The highest BCUT2D eigenvalue weighted by Crippen LogP contribution is 2.27. The molecule has 0 radical (unpaired) electrons. The average molecular weight is 535 g/mol. The molecule has 0 spiro atoms. The Labute approximate surface area is 215 Å². The van der Waals surface area contributed by atoms with Gasteiger partial charge < -0.3 is 14.3 Å². The van der Waals surface area contributed by atoms with Crippen molar-refractivity contribution in [1.82, 2.24) is 9.24 Å². The van der Waals surface area contributed by atoms with Crippen LogP contribution in [0.15, 0.2) is 32.9 Å². The molecular formula is C24H27FN4O7S. The number of benzene rings is 1. The van der Waals surface area contributed by atoms with Gasteiger partial charge in [-0.15, -0.1) is 11.3 Å². The first kappa shape index (κ1) is 27.6. The SMILES string of the molecule is CON=Cc1sc2c(c1C)c(=O)n(N(C)C(=O)OC(C)(C)C)c(=O)n2CC(=O)c1cc(F)ccc1OC. The normalized spacial score (nSPS) is 11.7. The van der Waals surface area contributed by atoms with E-state index >= 15 is 0 Å². The Balaban J connectivity index is 2.29. The van der Waals surface area contributed by atoms with Crippen molar-refractivity contribution in [1.29, 1.82) is 0 Å². The van der Waals surface area contributed by atoms with E-state index in [0.717, 1.165) is 33.0 Å². The van der Waals surface area contributed by atoms with Gasteiger partial charge in [0.15, 0.2) is 5.78 Å². The van der Waals surface area contributed by atoms with Gasteiger partial charge in [0.05, 0.1) is 35.7 Å². The van der Waals surface area contributed by atoms with E-state index in [9.17, 15) is 23.6 Å². The van der Waals surface area contributed by atoms with Gasteiger partial charge in [-0.25, -0.2) is 19.0 Å². The topological polar surface area (TPSA) is 121 Å². The summed E-state index contributed by atoms with van der Waals surface area (Å²) in [5, 5.41) is 4.57. The minimum absolute atomic E-state index is 0.0877. The highest BCUT2D eigenvalue weighted by molar-refractivity contribution is 7.20. The first-order chi connectivity index (χ1) is 17.3. The number of ketones is 1. The van der Waals surface area contributed by atoms with Crippen molar-refractivity contribution in [3.63, 3.8) is 0 Å². The third kappa shape index (κ3) is 5.56. The maximum absolute atomic E-state index is 13.9. The lowest BCUT2D eigenvalue weighted by atomic mass is 10.1. The van der Waals surface area contributed by atoms with Crippen LogP contribution in [-0.4, -0.2) is 54.2 Å². The number of fused-ring (bicyclic) bond motifs is 1. The lowest BCUT2D eigenvalue weighted by Crippen LogP contribution is -2.54. The molecule has 0 saturated heterocycles. The molecule has 0 aliphatic heterocycles. The molecule has 13 heteroatoms. The minimum atomic E-state index is -0.967. The second-order valence-corrected chi connectivity index (χ2v) is 9.98. The van der Waals surface area contributed by atoms with E-state index in [1.54, 1.807) is 27.7 Å². The van der Waals surface area contributed by atoms with Crippen LogP contribution in [0.1, 0.15) is 41.6 Å². The van der Waals surface area contributed by atoms with E-state index in [0.29, 0.717) is 15.1 Å². The number of Topliss-reactive ketones (excluding diaryl/α,β-unsaturated/α-hetero) is 1. The van der Waals surface area contributed by atoms with Gasteiger partial charge in [0.1, 0.15) is 29.1 Å². The zero-order valence-electron chi connectivity index (χ0n) is 21.4. The van der Waals surface area contributed by atoms with Crippen LogP contribution in [0.2, 0.25) is 0 Å². The molecule has 0 aliphatic rings. The number of thiophene rings is 1. The number of oxime groups is 1. The maximum atomic E-state index is 13.9. The summed E-state index contributed by atoms with van der Waals surface area (Å²) in [6.45, 7) is 5.98. The predicted molar refractivity (Wildman–Crippen MR) is 137 cm³/mol. The molecule has 0 atom stereocenters. The van der Waals surface area contributed by atoms with E-state index in [1.807, 2.05) is 0 Å². The van der Waals surface area contributed by atoms with Crippen molar-refractivity contribution in [2.45, 2.75) is 39.8 Å². The fraction of sp³-hybridized carbons (Fsp3) is 0.375. The van der Waals surface area contributed by atoms with Gasteiger partial charge in [0.25, 0.3) is 5.56 Å². The summed E-state index contributed by atoms with van der Waals surface area (Å²) in [6, 6.07) is 3.44. The molecule has 0 N–H and O–H groups in total. The van der Waals surface area contributed by atoms with E-state index in [-0.39, 0.29) is 21.5 Å². The molecule has 0 fully saturated rings. The van der Waals surface area contributed by atoms with E-state index < -0.39 is 41.1 Å². The second-order valence-electron chi connectivity index (χ2n) is 8.95. The number of aryl methyl sites for hydroxylation is 1. The number of rotatable bonds is 7. The largest absolute Gasteiger partial charge is 0.496 e. The standard InChI is InChI=1S/C24H27FN4O7S/c1-13-18(11-26-35-7)37-21-19(13)20(31)29(27(5)23(33)36-24(2,3)4)22(32)28(21)12-16(30)15-10-14(25)8-9-17(15)34-6/h8-11H,12H2,1-7H3. The van der Waals surface area contributed by atoms with Crippen LogP contribution in [-0.2, 0) is 16.1 Å². The Morgan fingerprint density at radius 2 is 1.89 bits per heavy atom. The predicted octanol–water partition coefficient (Wildman–Crippen LogP) is 3.05. The summed E-state index contributed by atoms with van der Waals surface area (Å²) in [5.41, 5.74) is -2.28. The van der Waals surface area contributed by atoms with Crippen molar-refractivity contribution in [2.24, 2.45) is 5.16 Å². The van der Waals surface area contributed by atoms with Crippen LogP contribution >= 0.6 is 11.3 Å². The number of aromatic nitrogens is 2. The van der Waals surface area contributed by atoms with Gasteiger partial charge >= 0.3 is 11.8 Å². The highest BCUT2D eigenvalue weighted by atomic mass is 32.1. The van der Waals surface area contributed by atoms with Crippen molar-refractivity contribution >= 4 is 39.6 Å². The van der Waals surface area contributed by atoms with Gasteiger partial charge in [-0.05, 0) is 51.5 Å². The van der Waals surface area contributed by atoms with Crippen LogP contribution in [0.4, 0.5) is 9.18 Å². The van der Waals surface area contributed by atoms with Crippen LogP contribution in [0.25, 0.3) is 10.2 Å². The molecule has 1 aromatic carbocycles. The van der Waals surface area contributed by atoms with Crippen LogP contribution in [0, 0.1) is 12.7 Å². The summed E-state index contributed by atoms with van der Waals surface area (Å²) < 4.78 is 26.1. The molecular weight excluding hydrogens is 507 g/mol. The van der Waals surface area contributed by atoms with Gasteiger partial charge in [0, 0.05) is 7.05 Å². The molecule has 198 valence electrons. The van der Waals surface area contributed by atoms with Gasteiger partial charge in [-0.2, -0.15) is 4.68 Å². The number of hydrogen-bond donors (Lipinski definition) is 0. The molecule has 2 aromatic heterocycles. The average Bonchev–Trinajstić information content (AvgIpc) is 3.15. The third-order valence-electron chi connectivity index (χ3n) is 5.23. The first-order valence-corrected chi connectivity index (χ1v) is 11.8. The van der Waals surface area contributed by atoms with Crippen molar-refractivity contribution in [3.05, 3.63) is 60.9 Å². The van der Waals surface area contributed by atoms with Crippen molar-refractivity contribution in [2.75, 3.05) is 26.3 Å². The number of carbonyl (C=O) groups is 2. The lowest BCUT2D eigenvalue weighted by Gasteiger charge is -2.25. The van der Waals surface area contributed by atoms with Gasteiger partial charge in [-0.1, -0.05) is 5.16 Å². The number of hydrogen-bond acceptors (Lipinski definition) is 9. The second kappa shape index (κ2) is 10.5. The minimum Gasteiger partial charge on any atom is -0.496 e. The zero-order chi connectivity index (χ0) is 27.7. The van der Waals surface area contributed by atoms with Crippen LogP contribution in [0.3, 0.4) is 0 Å². The number of halogens is 1. The smallest absolute Gasteiger partial charge is 0.429 e. The highest BCUT2D eigenvalue weighted by Gasteiger charge is 2.28. The summed E-state index contributed by atoms with van der Waals surface area (Å²) >= 11 is 1.04. The van der Waals surface area contributed by atoms with E-state index in [1.165, 1.54) is 33.5 Å². The Bertz CT molecular complexity index is 1510.